The number of nitrogens with one attached hydrogen (secondary N) is 1. The molecule has 0 radical (unpaired) electrons. The minimum atomic E-state index is -1.53. The molecule has 0 saturated carbocycles. The van der Waals surface area contributed by atoms with Crippen LogP contribution in [0.2, 0.25) is 0 Å². The molecule has 1 fully saturated rings. The second-order valence-electron chi connectivity index (χ2n) is 3.88. The summed E-state index contributed by atoms with van der Waals surface area (Å²) in [5, 5.41) is 19.7. The maximum Gasteiger partial charge on any atom is 0.334 e. The molecule has 2 unspecified atom stereocenters. The lowest BCUT2D eigenvalue weighted by atomic mass is 10.2. The van der Waals surface area contributed by atoms with Crippen molar-refractivity contribution in [3.05, 3.63) is 0 Å². The van der Waals surface area contributed by atoms with E-state index in [0.29, 0.717) is 19.0 Å². The number of carbonyl (C=O) groups excluding carboxylic acids is 1. The summed E-state index contributed by atoms with van der Waals surface area (Å²) >= 11 is 0. The van der Waals surface area contributed by atoms with Crippen molar-refractivity contribution in [1.29, 1.82) is 0 Å². The lowest BCUT2D eigenvalue weighted by molar-refractivity contribution is -0.146. The molecule has 1 heterocycles. The predicted octanol–water partition coefficient (Wildman–Crippen LogP) is -0.517. The lowest BCUT2D eigenvalue weighted by Gasteiger charge is -2.17. The molecule has 2 atom stereocenters. The van der Waals surface area contributed by atoms with Crippen molar-refractivity contribution in [1.82, 2.24) is 10.2 Å². The van der Waals surface area contributed by atoms with Gasteiger partial charge in [-0.25, -0.2) is 9.59 Å². The van der Waals surface area contributed by atoms with E-state index in [0.717, 1.165) is 6.42 Å². The fraction of sp³-hybridized carbons (Fsp3) is 0.778. The summed E-state index contributed by atoms with van der Waals surface area (Å²) in [4.78, 5) is 23.3. The predicted molar refractivity (Wildman–Crippen MR) is 52.4 cm³/mol. The molecule has 1 aliphatic heterocycles. The Morgan fingerprint density at radius 1 is 1.60 bits per heavy atom. The fourth-order valence-corrected chi connectivity index (χ4v) is 1.50. The maximum absolute atomic E-state index is 11.4. The van der Waals surface area contributed by atoms with Crippen LogP contribution in [0.5, 0.6) is 0 Å². The normalized spacial score (nSPS) is 22.5. The molecule has 0 aromatic rings. The van der Waals surface area contributed by atoms with Gasteiger partial charge in [-0.1, -0.05) is 6.92 Å². The minimum absolute atomic E-state index is 0.251. The molecule has 6 nitrogen and oxygen atoms in total. The van der Waals surface area contributed by atoms with Crippen LogP contribution in [0.15, 0.2) is 0 Å². The highest BCUT2D eigenvalue weighted by atomic mass is 16.4. The van der Waals surface area contributed by atoms with Crippen LogP contribution in [0.1, 0.15) is 13.3 Å². The standard InChI is InChI=1S/C9H16N2O4/c1-6-2-3-11(5-6)9(15)10-4-7(12)8(13)14/h6-7,12H,2-5H2,1H3,(H,10,15)(H,13,14). The molecule has 86 valence electrons. The fourth-order valence-electron chi connectivity index (χ4n) is 1.50. The number of aliphatic carboxylic acids is 1. The quantitative estimate of drug-likeness (QED) is 0.592. The third kappa shape index (κ3) is 3.39. The molecule has 6 heteroatoms. The number of aliphatic hydroxyl groups excluding tert-OH is 1. The zero-order chi connectivity index (χ0) is 11.4. The second-order valence-corrected chi connectivity index (χ2v) is 3.88. The van der Waals surface area contributed by atoms with Crippen LogP contribution in [0, 0.1) is 5.92 Å². The Bertz CT molecular complexity index is 256. The topological polar surface area (TPSA) is 89.9 Å². The number of nitrogens with zero attached hydrogens (tertiary/aromatic N) is 1. The average Bonchev–Trinajstić information content (AvgIpc) is 2.60. The van der Waals surface area contributed by atoms with Crippen LogP contribution >= 0.6 is 0 Å². The van der Waals surface area contributed by atoms with Crippen molar-refractivity contribution in [3.8, 4) is 0 Å². The number of aliphatic hydroxyl groups is 1. The first-order valence-corrected chi connectivity index (χ1v) is 4.94. The average molecular weight is 216 g/mol. The second kappa shape index (κ2) is 4.97. The summed E-state index contributed by atoms with van der Waals surface area (Å²) in [5.74, 6) is -0.842. The maximum atomic E-state index is 11.4. The van der Waals surface area contributed by atoms with Gasteiger partial charge in [-0.2, -0.15) is 0 Å². The third-order valence-electron chi connectivity index (χ3n) is 2.44. The molecule has 0 spiro atoms. The highest BCUT2D eigenvalue weighted by Gasteiger charge is 2.24. The van der Waals surface area contributed by atoms with E-state index in [1.807, 2.05) is 0 Å². The first-order chi connectivity index (χ1) is 7.00. The first-order valence-electron chi connectivity index (χ1n) is 4.94. The summed E-state index contributed by atoms with van der Waals surface area (Å²) in [7, 11) is 0. The SMILES string of the molecule is CC1CCN(C(=O)NCC(O)C(=O)O)C1. The Balaban J connectivity index is 2.27. The van der Waals surface area contributed by atoms with Gasteiger partial charge in [0, 0.05) is 13.1 Å². The zero-order valence-electron chi connectivity index (χ0n) is 8.64. The van der Waals surface area contributed by atoms with E-state index in [4.69, 9.17) is 10.2 Å². The molecule has 0 aromatic heterocycles. The summed E-state index contributed by atoms with van der Waals surface area (Å²) in [6, 6.07) is -0.306. The monoisotopic (exact) mass is 216 g/mol. The van der Waals surface area contributed by atoms with Crippen molar-refractivity contribution in [3.63, 3.8) is 0 Å². The number of likely N-dealkylation sites (tertiary alicyclic amines) is 1. The summed E-state index contributed by atoms with van der Waals surface area (Å²) in [5.41, 5.74) is 0. The van der Waals surface area contributed by atoms with Crippen LogP contribution < -0.4 is 5.32 Å². The number of hydrogen-bond donors (Lipinski definition) is 3. The number of hydrogen-bond acceptors (Lipinski definition) is 3. The minimum Gasteiger partial charge on any atom is -0.479 e. The Labute approximate surface area is 87.9 Å². The molecule has 0 aromatic carbocycles. The summed E-state index contributed by atoms with van der Waals surface area (Å²) in [6.07, 6.45) is -0.566. The molecule has 2 amide bonds. The molecule has 1 rings (SSSR count). The Kier molecular flexibility index (Phi) is 3.90. The van der Waals surface area contributed by atoms with Gasteiger partial charge < -0.3 is 20.4 Å². The lowest BCUT2D eigenvalue weighted by Crippen LogP contribution is -2.43. The van der Waals surface area contributed by atoms with Crippen LogP contribution in [0.25, 0.3) is 0 Å². The number of amides is 2. The van der Waals surface area contributed by atoms with Gasteiger partial charge in [-0.3, -0.25) is 0 Å². The number of rotatable bonds is 3. The van der Waals surface area contributed by atoms with Gasteiger partial charge >= 0.3 is 12.0 Å². The van der Waals surface area contributed by atoms with Gasteiger partial charge in [0.25, 0.3) is 0 Å². The Morgan fingerprint density at radius 3 is 2.73 bits per heavy atom. The van der Waals surface area contributed by atoms with E-state index in [2.05, 4.69) is 12.2 Å². The molecule has 0 bridgehead atoms. The van der Waals surface area contributed by atoms with Crippen molar-refractivity contribution in [2.45, 2.75) is 19.4 Å². The number of carbonyl (C=O) groups is 2. The molecular formula is C9H16N2O4. The van der Waals surface area contributed by atoms with E-state index >= 15 is 0 Å². The number of carboxylic acids is 1. The smallest absolute Gasteiger partial charge is 0.334 e. The largest absolute Gasteiger partial charge is 0.479 e. The Hall–Kier alpha value is -1.30. The van der Waals surface area contributed by atoms with Gasteiger partial charge in [-0.15, -0.1) is 0 Å². The number of carboxylic acid groups (broad SMARTS) is 1. The van der Waals surface area contributed by atoms with Gasteiger partial charge in [-0.05, 0) is 12.3 Å². The highest BCUT2D eigenvalue weighted by molar-refractivity contribution is 5.77. The van der Waals surface area contributed by atoms with Crippen LogP contribution in [0.3, 0.4) is 0 Å². The molecule has 0 aliphatic carbocycles. The van der Waals surface area contributed by atoms with E-state index in [-0.39, 0.29) is 12.6 Å². The van der Waals surface area contributed by atoms with Gasteiger partial charge in [0.05, 0.1) is 6.54 Å². The van der Waals surface area contributed by atoms with Gasteiger partial charge in [0.1, 0.15) is 0 Å². The molecular weight excluding hydrogens is 200 g/mol. The van der Waals surface area contributed by atoms with E-state index in [1.54, 1.807) is 4.90 Å². The summed E-state index contributed by atoms with van der Waals surface area (Å²) < 4.78 is 0. The van der Waals surface area contributed by atoms with E-state index < -0.39 is 12.1 Å². The van der Waals surface area contributed by atoms with Gasteiger partial charge in [0.15, 0.2) is 6.10 Å². The zero-order valence-corrected chi connectivity index (χ0v) is 8.64. The Morgan fingerprint density at radius 2 is 2.27 bits per heavy atom. The molecule has 1 saturated heterocycles. The molecule has 15 heavy (non-hydrogen) atoms. The number of urea groups is 1. The van der Waals surface area contributed by atoms with Crippen LogP contribution in [0.4, 0.5) is 4.79 Å². The van der Waals surface area contributed by atoms with Gasteiger partial charge in [0.2, 0.25) is 0 Å². The molecule has 3 N–H and O–H groups in total. The van der Waals surface area contributed by atoms with Crippen molar-refractivity contribution < 1.29 is 19.8 Å². The third-order valence-corrected chi connectivity index (χ3v) is 2.44. The van der Waals surface area contributed by atoms with Crippen LogP contribution in [-0.4, -0.2) is 52.9 Å². The van der Waals surface area contributed by atoms with E-state index in [1.165, 1.54) is 0 Å². The highest BCUT2D eigenvalue weighted by Crippen LogP contribution is 2.14. The molecule has 1 aliphatic rings. The first kappa shape index (κ1) is 11.8. The van der Waals surface area contributed by atoms with Crippen molar-refractivity contribution in [2.24, 2.45) is 5.92 Å². The van der Waals surface area contributed by atoms with Crippen molar-refractivity contribution >= 4 is 12.0 Å². The van der Waals surface area contributed by atoms with Crippen molar-refractivity contribution in [2.75, 3.05) is 19.6 Å². The van der Waals surface area contributed by atoms with Crippen LogP contribution in [-0.2, 0) is 4.79 Å². The summed E-state index contributed by atoms with van der Waals surface area (Å²) in [6.45, 7) is 3.18. The van der Waals surface area contributed by atoms with E-state index in [9.17, 15) is 9.59 Å².